The number of benzene rings is 3. The Morgan fingerprint density at radius 3 is 1.96 bits per heavy atom. The van der Waals surface area contributed by atoms with E-state index < -0.39 is 29.6 Å². The van der Waals surface area contributed by atoms with Gasteiger partial charge in [-0.15, -0.1) is 0 Å². The molecule has 0 heterocycles. The van der Waals surface area contributed by atoms with E-state index in [0.717, 1.165) is 63.2 Å². The van der Waals surface area contributed by atoms with Gasteiger partial charge in [-0.1, -0.05) is 70.2 Å². The molecule has 3 aromatic carbocycles. The second-order valence-corrected chi connectivity index (χ2v) is 13.8. The Bertz CT molecular complexity index is 1540. The number of nitrogens with one attached hydrogen (secondary N) is 2. The van der Waals surface area contributed by atoms with Crippen molar-refractivity contribution in [1.29, 1.82) is 0 Å². The Hall–Kier alpha value is -4.61. The van der Waals surface area contributed by atoms with Gasteiger partial charge in [-0.25, -0.2) is 9.59 Å². The average molecular weight is 733 g/mol. The molecule has 0 aromatic heterocycles. The van der Waals surface area contributed by atoms with E-state index in [9.17, 15) is 14.4 Å². The maximum atomic E-state index is 13.9. The predicted octanol–water partition coefficient (Wildman–Crippen LogP) is 7.34. The van der Waals surface area contributed by atoms with Crippen molar-refractivity contribution >= 4 is 23.7 Å². The molecule has 0 saturated heterocycles. The number of hydrogen-bond acceptors (Lipinski definition) is 9. The summed E-state index contributed by atoms with van der Waals surface area (Å²) < 4.78 is 23.2. The molecule has 1 atom stereocenters. The molecular weight excluding hydrogens is 672 g/mol. The number of anilines is 1. The van der Waals surface area contributed by atoms with Crippen molar-refractivity contribution in [3.05, 3.63) is 89.5 Å². The lowest BCUT2D eigenvalue weighted by Gasteiger charge is -2.24. The molecule has 3 aromatic rings. The van der Waals surface area contributed by atoms with Crippen molar-refractivity contribution in [1.82, 2.24) is 15.1 Å². The highest BCUT2D eigenvalue weighted by Crippen LogP contribution is 2.27. The van der Waals surface area contributed by atoms with E-state index in [2.05, 4.69) is 48.1 Å². The minimum Gasteiger partial charge on any atom is -0.491 e. The molecule has 0 aliphatic carbocycles. The number of nitrogens with zero attached hydrogens (tertiary/aromatic N) is 2. The highest BCUT2D eigenvalue weighted by molar-refractivity contribution is 5.99. The zero-order valence-corrected chi connectivity index (χ0v) is 32.7. The smallest absolute Gasteiger partial charge is 0.408 e. The van der Waals surface area contributed by atoms with E-state index in [0.29, 0.717) is 42.6 Å². The zero-order valence-electron chi connectivity index (χ0n) is 32.7. The first-order valence-corrected chi connectivity index (χ1v) is 18.9. The Kier molecular flexibility index (Phi) is 18.1. The van der Waals surface area contributed by atoms with E-state index in [1.807, 2.05) is 54.6 Å². The van der Waals surface area contributed by atoms with Crippen LogP contribution in [0.4, 0.5) is 10.5 Å². The van der Waals surface area contributed by atoms with Crippen LogP contribution in [0.15, 0.2) is 72.8 Å². The molecule has 0 saturated carbocycles. The summed E-state index contributed by atoms with van der Waals surface area (Å²) in [5.41, 5.74) is 1.79. The third-order valence-electron chi connectivity index (χ3n) is 8.61. The molecule has 0 radical (unpaired) electrons. The molecule has 0 unspecified atom stereocenters. The van der Waals surface area contributed by atoms with Gasteiger partial charge < -0.3 is 39.4 Å². The van der Waals surface area contributed by atoms with Crippen molar-refractivity contribution in [3.63, 3.8) is 0 Å². The average Bonchev–Trinajstić information content (AvgIpc) is 3.14. The second kappa shape index (κ2) is 22.5. The van der Waals surface area contributed by atoms with Crippen molar-refractivity contribution < 1.29 is 33.3 Å². The van der Waals surface area contributed by atoms with E-state index in [1.165, 1.54) is 0 Å². The fourth-order valence-electron chi connectivity index (χ4n) is 5.54. The largest absolute Gasteiger partial charge is 0.491 e. The molecule has 3 rings (SSSR count). The van der Waals surface area contributed by atoms with Gasteiger partial charge in [0.15, 0.2) is 0 Å². The van der Waals surface area contributed by atoms with Gasteiger partial charge in [0.2, 0.25) is 5.91 Å². The lowest BCUT2D eigenvalue weighted by Crippen LogP contribution is -2.47. The molecule has 0 bridgehead atoms. The van der Waals surface area contributed by atoms with Crippen LogP contribution in [0.25, 0.3) is 0 Å². The third-order valence-corrected chi connectivity index (χ3v) is 8.61. The summed E-state index contributed by atoms with van der Waals surface area (Å²) in [5.74, 6) is 0.0893. The molecule has 0 aliphatic rings. The molecule has 2 N–H and O–H groups in total. The predicted molar refractivity (Wildman–Crippen MR) is 210 cm³/mol. The number of carbonyl (C=O) groups excluding carboxylic acids is 3. The lowest BCUT2D eigenvalue weighted by atomic mass is 10.0. The Morgan fingerprint density at radius 2 is 1.36 bits per heavy atom. The van der Waals surface area contributed by atoms with Gasteiger partial charge in [0.1, 0.15) is 29.7 Å². The number of hydrogen-bond donors (Lipinski definition) is 2. The summed E-state index contributed by atoms with van der Waals surface area (Å²) in [6.45, 7) is 20.3. The molecule has 11 heteroatoms. The van der Waals surface area contributed by atoms with Gasteiger partial charge in [0.25, 0.3) is 0 Å². The number of esters is 1. The van der Waals surface area contributed by atoms with Crippen LogP contribution in [-0.2, 0) is 27.3 Å². The highest BCUT2D eigenvalue weighted by atomic mass is 16.6. The molecule has 53 heavy (non-hydrogen) atoms. The second-order valence-electron chi connectivity index (χ2n) is 13.8. The summed E-state index contributed by atoms with van der Waals surface area (Å²) in [6.07, 6.45) is 0.948. The number of alkyl carbamates (subject to hydrolysis) is 1. The quantitative estimate of drug-likeness (QED) is 0.0808. The van der Waals surface area contributed by atoms with Crippen LogP contribution in [0.2, 0.25) is 0 Å². The number of amides is 2. The zero-order chi connectivity index (χ0) is 38.6. The molecule has 0 aliphatic heterocycles. The van der Waals surface area contributed by atoms with E-state index >= 15 is 0 Å². The van der Waals surface area contributed by atoms with E-state index in [-0.39, 0.29) is 6.42 Å². The van der Waals surface area contributed by atoms with Gasteiger partial charge in [-0.05, 0) is 101 Å². The van der Waals surface area contributed by atoms with Crippen LogP contribution in [0.1, 0.15) is 82.8 Å². The maximum absolute atomic E-state index is 13.9. The first-order chi connectivity index (χ1) is 25.4. The van der Waals surface area contributed by atoms with Crippen LogP contribution in [0.5, 0.6) is 11.5 Å². The first kappa shape index (κ1) is 42.8. The lowest BCUT2D eigenvalue weighted by molar-refractivity contribution is -0.118. The summed E-state index contributed by atoms with van der Waals surface area (Å²) >= 11 is 0. The van der Waals surface area contributed by atoms with Gasteiger partial charge in [0.05, 0.1) is 24.5 Å². The molecule has 0 spiro atoms. The van der Waals surface area contributed by atoms with Crippen LogP contribution in [0.3, 0.4) is 0 Å². The van der Waals surface area contributed by atoms with Gasteiger partial charge in [-0.3, -0.25) is 4.79 Å². The molecule has 2 amide bonds. The molecule has 290 valence electrons. The monoisotopic (exact) mass is 732 g/mol. The minimum absolute atomic E-state index is 0.183. The van der Waals surface area contributed by atoms with Crippen molar-refractivity contribution in [2.45, 2.75) is 86.0 Å². The van der Waals surface area contributed by atoms with E-state index in [4.69, 9.17) is 18.9 Å². The fourth-order valence-corrected chi connectivity index (χ4v) is 5.54. The highest BCUT2D eigenvalue weighted by Gasteiger charge is 2.26. The molecule has 0 fully saturated rings. The standard InChI is InChI=1S/C42H60N4O7/c1-8-45(9-2)25-15-27-50-38-30-34(40(48)51-28-16-26-46(10-3)11-4)21-24-36(38)43-39(47)37(44-41(49)53-42(5,6)7)29-32-19-22-35(23-20-32)52-31-33-17-13-12-14-18-33/h12-14,17-24,30,37H,8-11,15-16,25-29,31H2,1-7H3,(H,43,47)(H,44,49)/t37-/m1/s1. The Labute approximate surface area is 316 Å². The van der Waals surface area contributed by atoms with Gasteiger partial charge in [0, 0.05) is 19.5 Å². The fraction of sp³-hybridized carbons (Fsp3) is 0.500. The first-order valence-electron chi connectivity index (χ1n) is 18.9. The SMILES string of the molecule is CCN(CC)CCCOC(=O)c1ccc(NC(=O)[C@@H](Cc2ccc(OCc3ccccc3)cc2)NC(=O)OC(C)(C)C)c(OCCCN(CC)CC)c1. The van der Waals surface area contributed by atoms with Crippen molar-refractivity contribution in [3.8, 4) is 11.5 Å². The molecule has 11 nitrogen and oxygen atoms in total. The topological polar surface area (TPSA) is 119 Å². The maximum Gasteiger partial charge on any atom is 0.408 e. The third kappa shape index (κ3) is 15.9. The summed E-state index contributed by atoms with van der Waals surface area (Å²) in [7, 11) is 0. The minimum atomic E-state index is -0.994. The number of ether oxygens (including phenoxy) is 4. The van der Waals surface area contributed by atoms with Crippen LogP contribution in [0, 0.1) is 0 Å². The number of rotatable bonds is 22. The summed E-state index contributed by atoms with van der Waals surface area (Å²) in [6, 6.07) is 21.1. The Morgan fingerprint density at radius 1 is 0.736 bits per heavy atom. The van der Waals surface area contributed by atoms with Gasteiger partial charge >= 0.3 is 12.1 Å². The summed E-state index contributed by atoms with van der Waals surface area (Å²) in [5, 5.41) is 5.68. The van der Waals surface area contributed by atoms with Crippen LogP contribution in [-0.4, -0.2) is 91.9 Å². The Balaban J connectivity index is 1.78. The number of carbonyl (C=O) groups is 3. The van der Waals surface area contributed by atoms with Crippen molar-refractivity contribution in [2.75, 3.05) is 57.8 Å². The van der Waals surface area contributed by atoms with Crippen molar-refractivity contribution in [2.24, 2.45) is 0 Å². The summed E-state index contributed by atoms with van der Waals surface area (Å²) in [4.78, 5) is 44.5. The van der Waals surface area contributed by atoms with Crippen LogP contribution < -0.4 is 20.1 Å². The normalized spacial score (nSPS) is 11.9. The van der Waals surface area contributed by atoms with Crippen LogP contribution >= 0.6 is 0 Å². The molecular formula is C42H60N4O7. The van der Waals surface area contributed by atoms with E-state index in [1.54, 1.807) is 39.0 Å². The van der Waals surface area contributed by atoms with Gasteiger partial charge in [-0.2, -0.15) is 0 Å².